The van der Waals surface area contributed by atoms with Crippen LogP contribution in [0.5, 0.6) is 5.75 Å². The number of benzene rings is 2. The number of rotatable bonds is 7. The summed E-state index contributed by atoms with van der Waals surface area (Å²) in [5, 5.41) is 2.53. The van der Waals surface area contributed by atoms with Crippen molar-refractivity contribution in [2.24, 2.45) is 0 Å². The van der Waals surface area contributed by atoms with Crippen molar-refractivity contribution in [1.82, 2.24) is 0 Å². The van der Waals surface area contributed by atoms with E-state index in [-0.39, 0.29) is 22.2 Å². The Kier molecular flexibility index (Phi) is 6.43. The molecule has 0 saturated heterocycles. The van der Waals surface area contributed by atoms with Crippen molar-refractivity contribution in [2.75, 3.05) is 17.1 Å². The first-order valence-electron chi connectivity index (χ1n) is 7.24. The van der Waals surface area contributed by atoms with E-state index in [1.54, 1.807) is 0 Å². The first-order chi connectivity index (χ1) is 12.2. The standard InChI is InChI=1S/C16H16F2N2O4S2/c1-10(21)19-14-8-7-13(9-15(14)24-2)26(22,23)20-11-3-5-12(6-4-11)25-16(17)18/h3-9,16,20H,1-2H3,(H,19,21). The Labute approximate surface area is 154 Å². The Bertz CT molecular complexity index is 888. The lowest BCUT2D eigenvalue weighted by Crippen LogP contribution is -2.14. The van der Waals surface area contributed by atoms with Crippen LogP contribution in [-0.2, 0) is 14.8 Å². The summed E-state index contributed by atoms with van der Waals surface area (Å²) in [6.07, 6.45) is 0. The second-order valence-electron chi connectivity index (χ2n) is 5.05. The summed E-state index contributed by atoms with van der Waals surface area (Å²) >= 11 is 0.371. The topological polar surface area (TPSA) is 84.5 Å². The Morgan fingerprint density at radius 1 is 1.15 bits per heavy atom. The van der Waals surface area contributed by atoms with E-state index in [0.717, 1.165) is 0 Å². The number of alkyl halides is 2. The van der Waals surface area contributed by atoms with Gasteiger partial charge in [0.1, 0.15) is 5.75 Å². The van der Waals surface area contributed by atoms with Crippen molar-refractivity contribution in [1.29, 1.82) is 0 Å². The smallest absolute Gasteiger partial charge is 0.288 e. The molecule has 140 valence electrons. The fourth-order valence-electron chi connectivity index (χ4n) is 2.05. The van der Waals surface area contributed by atoms with Crippen molar-refractivity contribution in [3.05, 3.63) is 42.5 Å². The van der Waals surface area contributed by atoms with Crippen LogP contribution in [-0.4, -0.2) is 27.2 Å². The lowest BCUT2D eigenvalue weighted by atomic mass is 10.3. The van der Waals surface area contributed by atoms with Gasteiger partial charge in [0.25, 0.3) is 15.8 Å². The second-order valence-corrected chi connectivity index (χ2v) is 7.80. The highest BCUT2D eigenvalue weighted by Crippen LogP contribution is 2.30. The summed E-state index contributed by atoms with van der Waals surface area (Å²) in [5.74, 6) is -2.68. The number of nitrogens with one attached hydrogen (secondary N) is 2. The van der Waals surface area contributed by atoms with E-state index in [4.69, 9.17) is 4.74 Å². The fraction of sp³-hybridized carbons (Fsp3) is 0.188. The van der Waals surface area contributed by atoms with Crippen molar-refractivity contribution in [3.8, 4) is 5.75 Å². The molecule has 0 unspecified atom stereocenters. The van der Waals surface area contributed by atoms with Gasteiger partial charge in [-0.15, -0.1) is 0 Å². The number of halogens is 2. The SMILES string of the molecule is COc1cc(S(=O)(=O)Nc2ccc(SC(F)F)cc2)ccc1NC(C)=O. The average Bonchev–Trinajstić information content (AvgIpc) is 2.55. The number of amides is 1. The molecule has 0 radical (unpaired) electrons. The van der Waals surface area contributed by atoms with Crippen LogP contribution < -0.4 is 14.8 Å². The molecule has 2 rings (SSSR count). The molecular formula is C16H16F2N2O4S2. The molecule has 0 aromatic heterocycles. The van der Waals surface area contributed by atoms with Gasteiger partial charge in [0.15, 0.2) is 0 Å². The maximum absolute atomic E-state index is 12.5. The van der Waals surface area contributed by atoms with Crippen LogP contribution in [0.3, 0.4) is 0 Å². The van der Waals surface area contributed by atoms with Crippen molar-refractivity contribution < 1.29 is 26.7 Å². The molecule has 0 aliphatic rings. The highest BCUT2D eigenvalue weighted by Gasteiger charge is 2.17. The molecule has 2 N–H and O–H groups in total. The maximum Gasteiger partial charge on any atom is 0.288 e. The summed E-state index contributed by atoms with van der Waals surface area (Å²) in [4.78, 5) is 11.4. The van der Waals surface area contributed by atoms with E-state index >= 15 is 0 Å². The van der Waals surface area contributed by atoms with E-state index in [1.165, 1.54) is 56.5 Å². The Hall–Kier alpha value is -2.33. The van der Waals surface area contributed by atoms with Gasteiger partial charge in [-0.25, -0.2) is 8.42 Å². The van der Waals surface area contributed by atoms with Gasteiger partial charge in [0.2, 0.25) is 5.91 Å². The third kappa shape index (κ3) is 5.33. The number of thioether (sulfide) groups is 1. The van der Waals surface area contributed by atoms with Crippen molar-refractivity contribution >= 4 is 39.1 Å². The van der Waals surface area contributed by atoms with Crippen LogP contribution in [0.15, 0.2) is 52.3 Å². The van der Waals surface area contributed by atoms with Crippen LogP contribution in [0.4, 0.5) is 20.2 Å². The largest absolute Gasteiger partial charge is 0.495 e. The third-order valence-corrected chi connectivity index (χ3v) is 5.23. The zero-order valence-electron chi connectivity index (χ0n) is 13.8. The second kappa shape index (κ2) is 8.37. The summed E-state index contributed by atoms with van der Waals surface area (Å²) in [7, 11) is -2.57. The highest BCUT2D eigenvalue weighted by molar-refractivity contribution is 7.99. The molecule has 0 spiro atoms. The van der Waals surface area contributed by atoms with Gasteiger partial charge in [0, 0.05) is 23.6 Å². The summed E-state index contributed by atoms with van der Waals surface area (Å²) in [6, 6.07) is 9.59. The van der Waals surface area contributed by atoms with Gasteiger partial charge in [0.05, 0.1) is 17.7 Å². The zero-order valence-corrected chi connectivity index (χ0v) is 15.5. The molecule has 6 nitrogen and oxygen atoms in total. The van der Waals surface area contributed by atoms with Crippen LogP contribution in [0.2, 0.25) is 0 Å². The van der Waals surface area contributed by atoms with Gasteiger partial charge in [-0.05, 0) is 36.4 Å². The number of anilines is 2. The molecule has 0 bridgehead atoms. The number of ether oxygens (including phenoxy) is 1. The van der Waals surface area contributed by atoms with E-state index in [0.29, 0.717) is 22.3 Å². The number of hydrogen-bond donors (Lipinski definition) is 2. The fourth-order valence-corrected chi connectivity index (χ4v) is 3.62. The van der Waals surface area contributed by atoms with Crippen LogP contribution in [0, 0.1) is 0 Å². The zero-order chi connectivity index (χ0) is 19.3. The van der Waals surface area contributed by atoms with Crippen molar-refractivity contribution in [2.45, 2.75) is 22.5 Å². The van der Waals surface area contributed by atoms with Gasteiger partial charge >= 0.3 is 0 Å². The quantitative estimate of drug-likeness (QED) is 0.689. The first-order valence-corrected chi connectivity index (χ1v) is 9.61. The van der Waals surface area contributed by atoms with E-state index in [2.05, 4.69) is 10.0 Å². The summed E-state index contributed by atoms with van der Waals surface area (Å²) < 4.78 is 57.1. The van der Waals surface area contributed by atoms with Gasteiger partial charge in [-0.3, -0.25) is 9.52 Å². The molecule has 0 saturated carbocycles. The molecule has 0 aliphatic carbocycles. The number of hydrogen-bond acceptors (Lipinski definition) is 5. The monoisotopic (exact) mass is 402 g/mol. The normalized spacial score (nSPS) is 11.3. The van der Waals surface area contributed by atoms with Crippen LogP contribution in [0.25, 0.3) is 0 Å². The third-order valence-electron chi connectivity index (χ3n) is 3.13. The minimum atomic E-state index is -3.92. The van der Waals surface area contributed by atoms with E-state index in [9.17, 15) is 22.0 Å². The molecule has 0 heterocycles. The molecule has 10 heteroatoms. The van der Waals surface area contributed by atoms with Crippen molar-refractivity contribution in [3.63, 3.8) is 0 Å². The minimum absolute atomic E-state index is 0.0746. The van der Waals surface area contributed by atoms with E-state index in [1.807, 2.05) is 0 Å². The lowest BCUT2D eigenvalue weighted by molar-refractivity contribution is -0.114. The Morgan fingerprint density at radius 3 is 2.35 bits per heavy atom. The Morgan fingerprint density at radius 2 is 1.81 bits per heavy atom. The molecule has 1 amide bonds. The first kappa shape index (κ1) is 20.0. The van der Waals surface area contributed by atoms with Gasteiger partial charge in [-0.1, -0.05) is 11.8 Å². The van der Waals surface area contributed by atoms with Crippen LogP contribution >= 0.6 is 11.8 Å². The molecule has 0 aliphatic heterocycles. The Balaban J connectivity index is 2.22. The molecule has 2 aromatic carbocycles. The number of sulfonamides is 1. The summed E-state index contributed by atoms with van der Waals surface area (Å²) in [6.45, 7) is 1.32. The molecule has 2 aromatic rings. The van der Waals surface area contributed by atoms with E-state index < -0.39 is 15.8 Å². The van der Waals surface area contributed by atoms with Crippen LogP contribution in [0.1, 0.15) is 6.92 Å². The minimum Gasteiger partial charge on any atom is -0.495 e. The molecular weight excluding hydrogens is 386 g/mol. The average molecular weight is 402 g/mol. The van der Waals surface area contributed by atoms with Gasteiger partial charge < -0.3 is 10.1 Å². The molecule has 0 atom stereocenters. The highest BCUT2D eigenvalue weighted by atomic mass is 32.2. The van der Waals surface area contributed by atoms with Gasteiger partial charge in [-0.2, -0.15) is 8.78 Å². The predicted molar refractivity (Wildman–Crippen MR) is 96.4 cm³/mol. The molecule has 26 heavy (non-hydrogen) atoms. The maximum atomic E-state index is 12.5. The number of carbonyl (C=O) groups is 1. The lowest BCUT2D eigenvalue weighted by Gasteiger charge is -2.13. The number of carbonyl (C=O) groups excluding carboxylic acids is 1. The number of methoxy groups -OCH3 is 1. The predicted octanol–water partition coefficient (Wildman–Crippen LogP) is 3.77. The summed E-state index contributed by atoms with van der Waals surface area (Å²) in [5.41, 5.74) is 0.570. The molecule has 0 fully saturated rings.